The Bertz CT molecular complexity index is 1350. The van der Waals surface area contributed by atoms with Crippen LogP contribution in [0, 0.1) is 6.92 Å². The Morgan fingerprint density at radius 1 is 0.784 bits per heavy atom. The Balaban J connectivity index is 1.18. The van der Waals surface area contributed by atoms with Crippen molar-refractivity contribution in [3.8, 4) is 17.2 Å². The van der Waals surface area contributed by atoms with Crippen molar-refractivity contribution in [2.45, 2.75) is 13.5 Å². The van der Waals surface area contributed by atoms with E-state index in [1.54, 1.807) is 60.7 Å². The van der Waals surface area contributed by atoms with Crippen molar-refractivity contribution in [1.82, 2.24) is 5.43 Å². The Morgan fingerprint density at radius 3 is 2.16 bits per heavy atom. The first-order valence-corrected chi connectivity index (χ1v) is 11.7. The molecule has 0 heterocycles. The van der Waals surface area contributed by atoms with E-state index >= 15 is 0 Å². The molecule has 1 N–H and O–H groups in total. The summed E-state index contributed by atoms with van der Waals surface area (Å²) < 4.78 is 16.6. The Kier molecular flexibility index (Phi) is 8.64. The Labute approximate surface area is 215 Å². The number of hydrazone groups is 1. The van der Waals surface area contributed by atoms with Crippen molar-refractivity contribution in [3.63, 3.8) is 0 Å². The lowest BCUT2D eigenvalue weighted by Crippen LogP contribution is -2.24. The van der Waals surface area contributed by atoms with Crippen molar-refractivity contribution >= 4 is 18.1 Å². The van der Waals surface area contributed by atoms with Crippen LogP contribution >= 0.6 is 0 Å². The molecule has 4 rings (SSSR count). The van der Waals surface area contributed by atoms with E-state index in [9.17, 15) is 9.59 Å². The summed E-state index contributed by atoms with van der Waals surface area (Å²) in [7, 11) is 0. The fraction of sp³-hybridized carbons (Fsp3) is 0.100. The van der Waals surface area contributed by atoms with Gasteiger partial charge in [0.25, 0.3) is 5.91 Å². The van der Waals surface area contributed by atoms with E-state index in [0.717, 1.165) is 16.7 Å². The van der Waals surface area contributed by atoms with Gasteiger partial charge in [-0.15, -0.1) is 0 Å². The summed E-state index contributed by atoms with van der Waals surface area (Å²) >= 11 is 0. The number of carbonyl (C=O) groups excluding carboxylic acids is 2. The van der Waals surface area contributed by atoms with Crippen molar-refractivity contribution in [1.29, 1.82) is 0 Å². The minimum absolute atomic E-state index is 0.185. The lowest BCUT2D eigenvalue weighted by Gasteiger charge is -2.08. The van der Waals surface area contributed by atoms with Gasteiger partial charge < -0.3 is 14.2 Å². The van der Waals surface area contributed by atoms with Gasteiger partial charge in [0.05, 0.1) is 11.8 Å². The monoisotopic (exact) mass is 494 g/mol. The van der Waals surface area contributed by atoms with Crippen molar-refractivity contribution in [2.24, 2.45) is 5.10 Å². The van der Waals surface area contributed by atoms with Gasteiger partial charge in [0.15, 0.2) is 6.61 Å². The maximum absolute atomic E-state index is 12.2. The maximum atomic E-state index is 12.2. The molecule has 186 valence electrons. The minimum atomic E-state index is -0.424. The zero-order valence-electron chi connectivity index (χ0n) is 20.3. The number of rotatable bonds is 10. The first-order valence-electron chi connectivity index (χ1n) is 11.7. The summed E-state index contributed by atoms with van der Waals surface area (Å²) in [5.41, 5.74) is 5.70. The largest absolute Gasteiger partial charge is 0.489 e. The summed E-state index contributed by atoms with van der Waals surface area (Å²) in [6, 6.07) is 30.9. The van der Waals surface area contributed by atoms with Crippen LogP contribution in [0.25, 0.3) is 0 Å². The van der Waals surface area contributed by atoms with E-state index in [1.807, 2.05) is 49.4 Å². The van der Waals surface area contributed by atoms with Crippen LogP contribution in [0.1, 0.15) is 27.0 Å². The fourth-order valence-corrected chi connectivity index (χ4v) is 3.29. The van der Waals surface area contributed by atoms with Gasteiger partial charge in [-0.3, -0.25) is 4.79 Å². The number of nitrogens with one attached hydrogen (secondary N) is 1. The number of benzene rings is 4. The molecule has 0 saturated carbocycles. The number of nitrogens with zero attached hydrogens (tertiary/aromatic N) is 1. The number of esters is 1. The van der Waals surface area contributed by atoms with Gasteiger partial charge in [-0.25, -0.2) is 10.2 Å². The number of hydrogen-bond acceptors (Lipinski definition) is 6. The van der Waals surface area contributed by atoms with Crippen LogP contribution in [-0.4, -0.2) is 24.7 Å². The van der Waals surface area contributed by atoms with E-state index in [4.69, 9.17) is 14.2 Å². The summed E-state index contributed by atoms with van der Waals surface area (Å²) in [6.45, 7) is 2.20. The molecule has 7 nitrogen and oxygen atoms in total. The molecule has 37 heavy (non-hydrogen) atoms. The van der Waals surface area contributed by atoms with E-state index in [-0.39, 0.29) is 6.61 Å². The predicted octanol–water partition coefficient (Wildman–Crippen LogP) is 5.32. The molecule has 0 unspecified atom stereocenters. The predicted molar refractivity (Wildman–Crippen MR) is 141 cm³/mol. The summed E-state index contributed by atoms with van der Waals surface area (Å²) in [4.78, 5) is 24.3. The topological polar surface area (TPSA) is 86.2 Å². The summed E-state index contributed by atoms with van der Waals surface area (Å²) in [5, 5.41) is 3.94. The Hall–Kier alpha value is -4.91. The minimum Gasteiger partial charge on any atom is -0.489 e. The molecule has 0 aliphatic rings. The van der Waals surface area contributed by atoms with Crippen LogP contribution in [0.5, 0.6) is 17.2 Å². The van der Waals surface area contributed by atoms with Gasteiger partial charge in [0.1, 0.15) is 23.9 Å². The number of ether oxygens (including phenoxy) is 3. The molecular formula is C30H26N2O5. The molecule has 4 aromatic carbocycles. The van der Waals surface area contributed by atoms with Crippen LogP contribution < -0.4 is 19.6 Å². The average Bonchev–Trinajstić information content (AvgIpc) is 2.93. The molecule has 0 saturated heterocycles. The number of carbonyl (C=O) groups is 2. The second-order valence-electron chi connectivity index (χ2n) is 8.16. The van der Waals surface area contributed by atoms with Crippen molar-refractivity contribution in [2.75, 3.05) is 6.61 Å². The third kappa shape index (κ3) is 8.07. The zero-order valence-corrected chi connectivity index (χ0v) is 20.3. The first-order chi connectivity index (χ1) is 18.0. The van der Waals surface area contributed by atoms with Crippen molar-refractivity contribution in [3.05, 3.63) is 125 Å². The molecule has 0 fully saturated rings. The van der Waals surface area contributed by atoms with E-state index in [1.165, 1.54) is 6.21 Å². The Morgan fingerprint density at radius 2 is 1.46 bits per heavy atom. The highest BCUT2D eigenvalue weighted by atomic mass is 16.5. The zero-order chi connectivity index (χ0) is 25.9. The number of hydrogen-bond donors (Lipinski definition) is 1. The van der Waals surface area contributed by atoms with Gasteiger partial charge in [0.2, 0.25) is 0 Å². The first kappa shape index (κ1) is 25.2. The molecule has 0 bridgehead atoms. The summed E-state index contributed by atoms with van der Waals surface area (Å²) in [5.74, 6) is 0.844. The second kappa shape index (κ2) is 12.7. The van der Waals surface area contributed by atoms with Crippen LogP contribution in [0.4, 0.5) is 0 Å². The molecule has 0 aromatic heterocycles. The van der Waals surface area contributed by atoms with E-state index in [0.29, 0.717) is 29.4 Å². The van der Waals surface area contributed by atoms with Gasteiger partial charge >= 0.3 is 5.97 Å². The second-order valence-corrected chi connectivity index (χ2v) is 8.16. The maximum Gasteiger partial charge on any atom is 0.343 e. The smallest absolute Gasteiger partial charge is 0.343 e. The third-order valence-electron chi connectivity index (χ3n) is 5.19. The van der Waals surface area contributed by atoms with Gasteiger partial charge in [0, 0.05) is 0 Å². The standard InChI is InChI=1S/C30H26N2O5/c1-22-6-5-9-25(18-22)30(34)37-28-12-10-23(11-13-28)19-31-32-29(33)21-36-27-16-14-26(15-17-27)35-20-24-7-3-2-4-8-24/h2-19H,20-21H2,1H3,(H,32,33)/b31-19+. The lowest BCUT2D eigenvalue weighted by atomic mass is 10.1. The molecule has 0 aliphatic heterocycles. The molecule has 7 heteroatoms. The highest BCUT2D eigenvalue weighted by molar-refractivity contribution is 5.91. The number of aryl methyl sites for hydroxylation is 1. The normalized spacial score (nSPS) is 10.6. The van der Waals surface area contributed by atoms with E-state index in [2.05, 4.69) is 10.5 Å². The molecule has 1 amide bonds. The molecular weight excluding hydrogens is 468 g/mol. The van der Waals surface area contributed by atoms with Crippen molar-refractivity contribution < 1.29 is 23.8 Å². The molecule has 0 spiro atoms. The number of amides is 1. The fourth-order valence-electron chi connectivity index (χ4n) is 3.29. The van der Waals surface area contributed by atoms with Gasteiger partial charge in [-0.1, -0.05) is 48.0 Å². The van der Waals surface area contributed by atoms with Crippen LogP contribution in [0.2, 0.25) is 0 Å². The van der Waals surface area contributed by atoms with Crippen LogP contribution in [-0.2, 0) is 11.4 Å². The molecule has 0 radical (unpaired) electrons. The van der Waals surface area contributed by atoms with Gasteiger partial charge in [-0.05, 0) is 78.7 Å². The quantitative estimate of drug-likeness (QED) is 0.140. The third-order valence-corrected chi connectivity index (χ3v) is 5.19. The average molecular weight is 495 g/mol. The van der Waals surface area contributed by atoms with E-state index < -0.39 is 11.9 Å². The van der Waals surface area contributed by atoms with Gasteiger partial charge in [-0.2, -0.15) is 5.10 Å². The highest BCUT2D eigenvalue weighted by Gasteiger charge is 2.08. The molecule has 0 aliphatic carbocycles. The summed E-state index contributed by atoms with van der Waals surface area (Å²) in [6.07, 6.45) is 1.49. The van der Waals surface area contributed by atoms with Crippen LogP contribution in [0.3, 0.4) is 0 Å². The van der Waals surface area contributed by atoms with Crippen LogP contribution in [0.15, 0.2) is 108 Å². The highest BCUT2D eigenvalue weighted by Crippen LogP contribution is 2.19. The molecule has 0 atom stereocenters. The SMILES string of the molecule is Cc1cccc(C(=O)Oc2ccc(/C=N/NC(=O)COc3ccc(OCc4ccccc4)cc3)cc2)c1. The molecule has 4 aromatic rings. The lowest BCUT2D eigenvalue weighted by molar-refractivity contribution is -0.123.